The highest BCUT2D eigenvalue weighted by Crippen LogP contribution is 2.13. The van der Waals surface area contributed by atoms with E-state index in [-0.39, 0.29) is 35.9 Å². The number of nitrogens with zero attached hydrogens (tertiary/aromatic N) is 2. The Morgan fingerprint density at radius 1 is 1.23 bits per heavy atom. The van der Waals surface area contributed by atoms with E-state index < -0.39 is 0 Å². The van der Waals surface area contributed by atoms with Crippen LogP contribution in [-0.4, -0.2) is 56.7 Å². The monoisotopic (exact) mass is 478 g/mol. The largest absolute Gasteiger partial charge is 0.489 e. The van der Waals surface area contributed by atoms with Gasteiger partial charge in [-0.05, 0) is 50.9 Å². The van der Waals surface area contributed by atoms with Gasteiger partial charge in [-0.3, -0.25) is 4.99 Å². The molecule has 1 aliphatic rings. The number of benzene rings is 1. The van der Waals surface area contributed by atoms with Crippen LogP contribution in [0.4, 0.5) is 4.39 Å². The minimum atomic E-state index is -0.290. The first-order valence-electron chi connectivity index (χ1n) is 9.16. The Morgan fingerprint density at radius 3 is 2.58 bits per heavy atom. The van der Waals surface area contributed by atoms with Crippen LogP contribution in [-0.2, 0) is 0 Å². The predicted molar refractivity (Wildman–Crippen MR) is 116 cm³/mol. The third-order valence-electron chi connectivity index (χ3n) is 4.30. The fourth-order valence-electron chi connectivity index (χ4n) is 3.02. The van der Waals surface area contributed by atoms with Crippen LogP contribution in [0.3, 0.4) is 0 Å². The van der Waals surface area contributed by atoms with Crippen LogP contribution >= 0.6 is 24.0 Å². The molecule has 2 N–H and O–H groups in total. The highest BCUT2D eigenvalue weighted by Gasteiger charge is 2.15. The van der Waals surface area contributed by atoms with Crippen molar-refractivity contribution < 1.29 is 9.13 Å². The van der Waals surface area contributed by atoms with Crippen LogP contribution in [0.5, 0.6) is 5.75 Å². The Morgan fingerprint density at radius 2 is 1.92 bits per heavy atom. The van der Waals surface area contributed by atoms with Crippen molar-refractivity contribution in [1.29, 1.82) is 0 Å². The Bertz CT molecular complexity index is 552. The third kappa shape index (κ3) is 8.53. The van der Waals surface area contributed by atoms with E-state index in [0.717, 1.165) is 19.0 Å². The van der Waals surface area contributed by atoms with E-state index in [1.165, 1.54) is 38.1 Å². The summed E-state index contributed by atoms with van der Waals surface area (Å²) in [5, 5.41) is 6.63. The predicted octanol–water partition coefficient (Wildman–Crippen LogP) is 3.11. The summed E-state index contributed by atoms with van der Waals surface area (Å²) in [5.41, 5.74) is 0. The molecule has 0 bridgehead atoms. The zero-order chi connectivity index (χ0) is 18.1. The first-order chi connectivity index (χ1) is 12.1. The molecule has 1 fully saturated rings. The van der Waals surface area contributed by atoms with Crippen molar-refractivity contribution in [2.24, 2.45) is 10.9 Å². The summed E-state index contributed by atoms with van der Waals surface area (Å²) in [7, 11) is 1.76. The Balaban J connectivity index is 0.00000338. The van der Waals surface area contributed by atoms with Crippen LogP contribution in [0.15, 0.2) is 29.3 Å². The summed E-state index contributed by atoms with van der Waals surface area (Å²) >= 11 is 0. The fourth-order valence-corrected chi connectivity index (χ4v) is 3.02. The maximum absolute atomic E-state index is 13.2. The number of hydrogen-bond donors (Lipinski definition) is 2. The second-order valence-corrected chi connectivity index (χ2v) is 6.83. The van der Waals surface area contributed by atoms with Crippen molar-refractivity contribution in [2.75, 3.05) is 39.8 Å². The average molecular weight is 478 g/mol. The van der Waals surface area contributed by atoms with Crippen LogP contribution in [0.25, 0.3) is 0 Å². The molecule has 0 radical (unpaired) electrons. The Hall–Kier alpha value is -1.09. The van der Waals surface area contributed by atoms with E-state index in [1.807, 2.05) is 6.92 Å². The maximum Gasteiger partial charge on any atom is 0.191 e. The molecule has 0 aromatic heterocycles. The molecule has 1 aromatic rings. The molecule has 1 saturated heterocycles. The molecular formula is C19H32FIN4O. The van der Waals surface area contributed by atoms with E-state index in [4.69, 9.17) is 4.74 Å². The van der Waals surface area contributed by atoms with Gasteiger partial charge < -0.3 is 20.3 Å². The minimum absolute atomic E-state index is 0. The van der Waals surface area contributed by atoms with Gasteiger partial charge in [0.15, 0.2) is 5.96 Å². The van der Waals surface area contributed by atoms with Crippen LogP contribution < -0.4 is 15.4 Å². The topological polar surface area (TPSA) is 48.9 Å². The number of hydrogen-bond acceptors (Lipinski definition) is 3. The summed E-state index contributed by atoms with van der Waals surface area (Å²) in [6, 6.07) is 6.20. The summed E-state index contributed by atoms with van der Waals surface area (Å²) in [4.78, 5) is 6.78. The molecule has 26 heavy (non-hydrogen) atoms. The highest BCUT2D eigenvalue weighted by atomic mass is 127. The van der Waals surface area contributed by atoms with Gasteiger partial charge in [-0.2, -0.15) is 0 Å². The molecule has 7 heteroatoms. The zero-order valence-corrected chi connectivity index (χ0v) is 18.3. The molecule has 1 aromatic carbocycles. The lowest BCUT2D eigenvalue weighted by molar-refractivity contribution is 0.223. The van der Waals surface area contributed by atoms with Gasteiger partial charge in [0, 0.05) is 26.2 Å². The SMILES string of the molecule is CN=C(NCC(C)CN1CCCC1)NCC(C)Oc1cccc(F)c1.I. The maximum atomic E-state index is 13.2. The number of nitrogens with one attached hydrogen (secondary N) is 2. The molecule has 2 unspecified atom stereocenters. The molecule has 1 heterocycles. The lowest BCUT2D eigenvalue weighted by Crippen LogP contribution is -2.44. The van der Waals surface area contributed by atoms with Gasteiger partial charge in [-0.15, -0.1) is 24.0 Å². The third-order valence-corrected chi connectivity index (χ3v) is 4.30. The van der Waals surface area contributed by atoms with Crippen molar-refractivity contribution >= 4 is 29.9 Å². The van der Waals surface area contributed by atoms with Crippen molar-refractivity contribution in [3.8, 4) is 5.75 Å². The quantitative estimate of drug-likeness (QED) is 0.343. The molecule has 148 valence electrons. The number of rotatable bonds is 8. The average Bonchev–Trinajstić information content (AvgIpc) is 3.08. The summed E-state index contributed by atoms with van der Waals surface area (Å²) in [6.45, 7) is 9.27. The zero-order valence-electron chi connectivity index (χ0n) is 16.0. The second-order valence-electron chi connectivity index (χ2n) is 6.83. The summed E-state index contributed by atoms with van der Waals surface area (Å²) in [6.07, 6.45) is 2.56. The molecule has 1 aliphatic heterocycles. The second kappa shape index (κ2) is 12.3. The molecule has 0 spiro atoms. The van der Waals surface area contributed by atoms with E-state index in [1.54, 1.807) is 19.2 Å². The van der Waals surface area contributed by atoms with Gasteiger partial charge >= 0.3 is 0 Å². The van der Waals surface area contributed by atoms with Gasteiger partial charge in [0.25, 0.3) is 0 Å². The lowest BCUT2D eigenvalue weighted by Gasteiger charge is -2.22. The standard InChI is InChI=1S/C19H31FN4O.HI/c1-15(14-24-9-4-5-10-24)12-22-19(21-3)23-13-16(2)25-18-8-6-7-17(20)11-18;/h6-8,11,15-16H,4-5,9-10,12-14H2,1-3H3,(H2,21,22,23);1H. The van der Waals surface area contributed by atoms with Gasteiger partial charge in [-0.25, -0.2) is 4.39 Å². The molecule has 2 atom stereocenters. The summed E-state index contributed by atoms with van der Waals surface area (Å²) in [5.74, 6) is 1.58. The van der Waals surface area contributed by atoms with Crippen molar-refractivity contribution in [3.63, 3.8) is 0 Å². The van der Waals surface area contributed by atoms with E-state index in [2.05, 4.69) is 27.4 Å². The smallest absolute Gasteiger partial charge is 0.191 e. The molecular weight excluding hydrogens is 446 g/mol. The van der Waals surface area contributed by atoms with Crippen molar-refractivity contribution in [3.05, 3.63) is 30.1 Å². The normalized spacial score (nSPS) is 17.3. The van der Waals surface area contributed by atoms with Crippen LogP contribution in [0, 0.1) is 11.7 Å². The number of likely N-dealkylation sites (tertiary alicyclic amines) is 1. The van der Waals surface area contributed by atoms with E-state index in [9.17, 15) is 4.39 Å². The van der Waals surface area contributed by atoms with Gasteiger partial charge in [0.1, 0.15) is 17.7 Å². The molecule has 0 amide bonds. The van der Waals surface area contributed by atoms with Crippen molar-refractivity contribution in [1.82, 2.24) is 15.5 Å². The lowest BCUT2D eigenvalue weighted by atomic mass is 10.1. The Labute approximate surface area is 173 Å². The molecule has 0 aliphatic carbocycles. The van der Waals surface area contributed by atoms with Gasteiger partial charge in [0.05, 0.1) is 6.54 Å². The highest BCUT2D eigenvalue weighted by molar-refractivity contribution is 14.0. The first-order valence-corrected chi connectivity index (χ1v) is 9.16. The Kier molecular flexibility index (Phi) is 10.9. The minimum Gasteiger partial charge on any atom is -0.489 e. The molecule has 0 saturated carbocycles. The molecule has 5 nitrogen and oxygen atoms in total. The number of ether oxygens (including phenoxy) is 1. The van der Waals surface area contributed by atoms with E-state index >= 15 is 0 Å². The fraction of sp³-hybridized carbons (Fsp3) is 0.632. The van der Waals surface area contributed by atoms with Crippen LogP contribution in [0.2, 0.25) is 0 Å². The number of aliphatic imine (C=N–C) groups is 1. The summed E-state index contributed by atoms with van der Waals surface area (Å²) < 4.78 is 18.9. The molecule has 2 rings (SSSR count). The first kappa shape index (κ1) is 23.0. The van der Waals surface area contributed by atoms with E-state index in [0.29, 0.717) is 18.2 Å². The van der Waals surface area contributed by atoms with Crippen molar-refractivity contribution in [2.45, 2.75) is 32.8 Å². The van der Waals surface area contributed by atoms with Gasteiger partial charge in [-0.1, -0.05) is 13.0 Å². The number of halogens is 2. The van der Waals surface area contributed by atoms with Gasteiger partial charge in [0.2, 0.25) is 0 Å². The van der Waals surface area contributed by atoms with Crippen LogP contribution in [0.1, 0.15) is 26.7 Å². The number of guanidine groups is 1.